The van der Waals surface area contributed by atoms with Crippen LogP contribution in [0, 0.1) is 0 Å². The Balaban J connectivity index is 2.14. The zero-order valence-corrected chi connectivity index (χ0v) is 12.7. The summed E-state index contributed by atoms with van der Waals surface area (Å²) in [5.74, 6) is 1.72. The highest BCUT2D eigenvalue weighted by Crippen LogP contribution is 2.33. The van der Waals surface area contributed by atoms with Gasteiger partial charge in [-0.1, -0.05) is 35.9 Å². The molecule has 0 saturated heterocycles. The minimum absolute atomic E-state index is 0.363. The lowest BCUT2D eigenvalue weighted by molar-refractivity contribution is 0.202. The van der Waals surface area contributed by atoms with Crippen molar-refractivity contribution in [1.29, 1.82) is 0 Å². The van der Waals surface area contributed by atoms with Gasteiger partial charge in [0.25, 0.3) is 0 Å². The number of hydrogen-bond donors (Lipinski definition) is 0. The average Bonchev–Trinajstić information content (AvgIpc) is 2.48. The quantitative estimate of drug-likeness (QED) is 0.694. The molecule has 0 amide bonds. The first kappa shape index (κ1) is 15.2. The summed E-state index contributed by atoms with van der Waals surface area (Å²) < 4.78 is 10.9. The molecule has 4 heteroatoms. The summed E-state index contributed by atoms with van der Waals surface area (Å²) in [6, 6.07) is 13.4. The topological polar surface area (TPSA) is 18.5 Å². The molecule has 0 N–H and O–H groups in total. The number of methoxy groups -OCH3 is 1. The van der Waals surface area contributed by atoms with Gasteiger partial charge in [0.2, 0.25) is 0 Å². The summed E-state index contributed by atoms with van der Waals surface area (Å²) in [4.78, 5) is 0. The Bertz CT molecular complexity index is 553. The van der Waals surface area contributed by atoms with E-state index in [2.05, 4.69) is 0 Å². The van der Waals surface area contributed by atoms with Crippen LogP contribution in [0.2, 0.25) is 5.02 Å². The molecule has 2 aromatic rings. The molecule has 0 saturated carbocycles. The maximum atomic E-state index is 6.16. The molecule has 0 aliphatic rings. The number of hydrogen-bond acceptors (Lipinski definition) is 2. The van der Waals surface area contributed by atoms with E-state index in [4.69, 9.17) is 32.7 Å². The van der Waals surface area contributed by atoms with Crippen molar-refractivity contribution in [1.82, 2.24) is 0 Å². The highest BCUT2D eigenvalue weighted by molar-refractivity contribution is 6.32. The van der Waals surface area contributed by atoms with Crippen LogP contribution in [-0.4, -0.2) is 13.7 Å². The van der Waals surface area contributed by atoms with Crippen LogP contribution in [0.5, 0.6) is 11.5 Å². The standard InChI is InChI=1S/C16H16Cl2O2/c1-19-10-9-12-5-7-14(8-6-12)20-16-13(11-17)3-2-4-15(16)18/h2-8H,9-11H2,1H3. The van der Waals surface area contributed by atoms with Crippen molar-refractivity contribution >= 4 is 23.2 Å². The van der Waals surface area contributed by atoms with Crippen molar-refractivity contribution < 1.29 is 9.47 Å². The first-order valence-corrected chi connectivity index (χ1v) is 7.25. The van der Waals surface area contributed by atoms with Crippen molar-refractivity contribution in [2.24, 2.45) is 0 Å². The van der Waals surface area contributed by atoms with Crippen LogP contribution in [-0.2, 0) is 17.0 Å². The van der Waals surface area contributed by atoms with Crippen molar-refractivity contribution in [2.45, 2.75) is 12.3 Å². The smallest absolute Gasteiger partial charge is 0.150 e. The molecule has 0 radical (unpaired) electrons. The monoisotopic (exact) mass is 310 g/mol. The van der Waals surface area contributed by atoms with Crippen LogP contribution < -0.4 is 4.74 Å². The zero-order valence-electron chi connectivity index (χ0n) is 11.2. The zero-order chi connectivity index (χ0) is 14.4. The van der Waals surface area contributed by atoms with E-state index >= 15 is 0 Å². The number of ether oxygens (including phenoxy) is 2. The Labute approximate surface area is 129 Å². The molecule has 2 aromatic carbocycles. The molecular formula is C16H16Cl2O2. The van der Waals surface area contributed by atoms with E-state index in [-0.39, 0.29) is 0 Å². The summed E-state index contributed by atoms with van der Waals surface area (Å²) in [5.41, 5.74) is 2.08. The van der Waals surface area contributed by atoms with E-state index in [1.54, 1.807) is 13.2 Å². The molecule has 0 unspecified atom stereocenters. The van der Waals surface area contributed by atoms with Gasteiger partial charge in [0.15, 0.2) is 0 Å². The van der Waals surface area contributed by atoms with Gasteiger partial charge in [0.05, 0.1) is 17.5 Å². The van der Waals surface area contributed by atoms with Gasteiger partial charge in [0.1, 0.15) is 11.5 Å². The first-order valence-electron chi connectivity index (χ1n) is 6.33. The molecule has 106 valence electrons. The Morgan fingerprint density at radius 3 is 2.45 bits per heavy atom. The van der Waals surface area contributed by atoms with Crippen LogP contribution in [0.25, 0.3) is 0 Å². The second-order valence-corrected chi connectivity index (χ2v) is 5.02. The van der Waals surface area contributed by atoms with E-state index in [0.29, 0.717) is 23.3 Å². The molecule has 0 aromatic heterocycles. The summed E-state index contributed by atoms with van der Waals surface area (Å²) in [6.45, 7) is 0.709. The van der Waals surface area contributed by atoms with Crippen molar-refractivity contribution in [3.63, 3.8) is 0 Å². The fourth-order valence-electron chi connectivity index (χ4n) is 1.83. The van der Waals surface area contributed by atoms with Gasteiger partial charge in [-0.2, -0.15) is 0 Å². The lowest BCUT2D eigenvalue weighted by Gasteiger charge is -2.11. The number of benzene rings is 2. The molecule has 0 aliphatic heterocycles. The van der Waals surface area contributed by atoms with Crippen LogP contribution in [0.3, 0.4) is 0 Å². The van der Waals surface area contributed by atoms with E-state index in [9.17, 15) is 0 Å². The fraction of sp³-hybridized carbons (Fsp3) is 0.250. The van der Waals surface area contributed by atoms with Gasteiger partial charge in [-0.3, -0.25) is 0 Å². The maximum Gasteiger partial charge on any atom is 0.150 e. The number of alkyl halides is 1. The van der Waals surface area contributed by atoms with E-state index in [1.807, 2.05) is 36.4 Å². The highest BCUT2D eigenvalue weighted by atomic mass is 35.5. The number of para-hydroxylation sites is 1. The predicted octanol–water partition coefficient (Wildman–Crippen LogP) is 5.06. The van der Waals surface area contributed by atoms with E-state index < -0.39 is 0 Å². The minimum Gasteiger partial charge on any atom is -0.455 e. The SMILES string of the molecule is COCCc1ccc(Oc2c(Cl)cccc2CCl)cc1. The highest BCUT2D eigenvalue weighted by Gasteiger charge is 2.08. The second kappa shape index (κ2) is 7.53. The molecule has 0 bridgehead atoms. The summed E-state index contributed by atoms with van der Waals surface area (Å²) in [7, 11) is 1.70. The Hall–Kier alpha value is -1.22. The van der Waals surface area contributed by atoms with Gasteiger partial charge in [0, 0.05) is 12.7 Å². The average molecular weight is 311 g/mol. The largest absolute Gasteiger partial charge is 0.455 e. The predicted molar refractivity (Wildman–Crippen MR) is 83.1 cm³/mol. The Kier molecular flexibility index (Phi) is 5.72. The van der Waals surface area contributed by atoms with Crippen LogP contribution in [0.4, 0.5) is 0 Å². The summed E-state index contributed by atoms with van der Waals surface area (Å²) >= 11 is 12.1. The third-order valence-corrected chi connectivity index (χ3v) is 3.52. The molecule has 0 atom stereocenters. The van der Waals surface area contributed by atoms with E-state index in [0.717, 1.165) is 17.7 Å². The molecule has 0 fully saturated rings. The van der Waals surface area contributed by atoms with Crippen LogP contribution >= 0.6 is 23.2 Å². The molecular weight excluding hydrogens is 295 g/mol. The summed E-state index contributed by atoms with van der Waals surface area (Å²) in [5, 5.41) is 0.562. The Morgan fingerprint density at radius 1 is 1.05 bits per heavy atom. The molecule has 0 heterocycles. The fourth-order valence-corrected chi connectivity index (χ4v) is 2.28. The third-order valence-electron chi connectivity index (χ3n) is 2.93. The number of halogens is 2. The van der Waals surface area contributed by atoms with Crippen molar-refractivity contribution in [3.8, 4) is 11.5 Å². The third kappa shape index (κ3) is 3.89. The van der Waals surface area contributed by atoms with Crippen LogP contribution in [0.15, 0.2) is 42.5 Å². The van der Waals surface area contributed by atoms with Gasteiger partial charge in [-0.25, -0.2) is 0 Å². The molecule has 20 heavy (non-hydrogen) atoms. The van der Waals surface area contributed by atoms with E-state index in [1.165, 1.54) is 5.56 Å². The summed E-state index contributed by atoms with van der Waals surface area (Å²) in [6.07, 6.45) is 0.885. The van der Waals surface area contributed by atoms with Gasteiger partial charge in [-0.15, -0.1) is 11.6 Å². The normalized spacial score (nSPS) is 10.6. The maximum absolute atomic E-state index is 6.16. The van der Waals surface area contributed by atoms with Crippen LogP contribution in [0.1, 0.15) is 11.1 Å². The lowest BCUT2D eigenvalue weighted by Crippen LogP contribution is -1.95. The second-order valence-electron chi connectivity index (χ2n) is 4.35. The molecule has 2 rings (SSSR count). The molecule has 0 spiro atoms. The van der Waals surface area contributed by atoms with Crippen molar-refractivity contribution in [3.05, 3.63) is 58.6 Å². The molecule has 0 aliphatic carbocycles. The number of rotatable bonds is 6. The minimum atomic E-state index is 0.363. The Morgan fingerprint density at radius 2 is 1.80 bits per heavy atom. The van der Waals surface area contributed by atoms with Crippen molar-refractivity contribution in [2.75, 3.05) is 13.7 Å². The molecule has 2 nitrogen and oxygen atoms in total. The van der Waals surface area contributed by atoms with Gasteiger partial charge < -0.3 is 9.47 Å². The first-order chi connectivity index (χ1) is 9.74. The van der Waals surface area contributed by atoms with Gasteiger partial charge in [-0.05, 0) is 30.2 Å². The van der Waals surface area contributed by atoms with Gasteiger partial charge >= 0.3 is 0 Å². The lowest BCUT2D eigenvalue weighted by atomic mass is 10.1.